The molecule has 5 rings (SSSR count). The lowest BCUT2D eigenvalue weighted by Crippen LogP contribution is -2.44. The van der Waals surface area contributed by atoms with Gasteiger partial charge in [0.15, 0.2) is 5.78 Å². The average molecular weight is 531 g/mol. The number of aryl methyl sites for hydroxylation is 1. The molecule has 0 bridgehead atoms. The van der Waals surface area contributed by atoms with E-state index in [9.17, 15) is 18.0 Å². The van der Waals surface area contributed by atoms with E-state index >= 15 is 0 Å². The second kappa shape index (κ2) is 11.1. The number of nitrogens with zero attached hydrogens (tertiary/aromatic N) is 4. The van der Waals surface area contributed by atoms with E-state index in [2.05, 4.69) is 26.7 Å². The number of alkyl halides is 3. The first-order valence-electron chi connectivity index (χ1n) is 12.9. The van der Waals surface area contributed by atoms with Crippen LogP contribution in [0.4, 0.5) is 18.9 Å². The molecule has 2 aromatic carbocycles. The SMILES string of the molecule is Cc1ccc(C(=O)Cc2ccc(CN3CCN(C)CC3)c(C(F)(F)F)c2)cc1C#Cc1cncc2c1N=CC2. The van der Waals surface area contributed by atoms with Gasteiger partial charge in [-0.3, -0.25) is 19.7 Å². The lowest BCUT2D eigenvalue weighted by molar-refractivity contribution is -0.138. The standard InChI is InChI=1S/C31H29F3N4O/c1-21-3-5-24(17-23(21)7-8-25-18-35-19-26-9-10-36-30(25)26)29(39)16-22-4-6-27(28(15-22)31(32,33)34)20-38-13-11-37(2)12-14-38/h3-6,10,15,17-19H,9,11-14,16,20H2,1-2H3. The maximum Gasteiger partial charge on any atom is 0.416 e. The number of aromatic nitrogens is 1. The van der Waals surface area contributed by atoms with Gasteiger partial charge in [0.2, 0.25) is 0 Å². The van der Waals surface area contributed by atoms with Gasteiger partial charge in [0, 0.05) is 80.9 Å². The normalized spacial score (nSPS) is 15.6. The van der Waals surface area contributed by atoms with Gasteiger partial charge in [-0.2, -0.15) is 13.2 Å². The number of ketones is 1. The Labute approximate surface area is 226 Å². The maximum absolute atomic E-state index is 14.0. The fourth-order valence-electron chi connectivity index (χ4n) is 4.86. The Morgan fingerprint density at radius 3 is 2.54 bits per heavy atom. The summed E-state index contributed by atoms with van der Waals surface area (Å²) in [6, 6.07) is 9.49. The van der Waals surface area contributed by atoms with Crippen LogP contribution >= 0.6 is 0 Å². The molecule has 0 N–H and O–H groups in total. The number of halogens is 3. The highest BCUT2D eigenvalue weighted by atomic mass is 19.4. The minimum Gasteiger partial charge on any atom is -0.304 e. The summed E-state index contributed by atoms with van der Waals surface area (Å²) in [6.45, 7) is 5.25. The first-order chi connectivity index (χ1) is 18.7. The summed E-state index contributed by atoms with van der Waals surface area (Å²) < 4.78 is 41.9. The topological polar surface area (TPSA) is 48.8 Å². The van der Waals surface area contributed by atoms with Crippen LogP contribution in [0.2, 0.25) is 0 Å². The second-order valence-corrected chi connectivity index (χ2v) is 10.2. The zero-order valence-electron chi connectivity index (χ0n) is 22.0. The molecule has 0 atom stereocenters. The smallest absolute Gasteiger partial charge is 0.304 e. The van der Waals surface area contributed by atoms with Gasteiger partial charge in [0.05, 0.1) is 16.8 Å². The third-order valence-corrected chi connectivity index (χ3v) is 7.25. The van der Waals surface area contributed by atoms with Gasteiger partial charge in [-0.1, -0.05) is 36.1 Å². The predicted molar refractivity (Wildman–Crippen MR) is 146 cm³/mol. The highest BCUT2D eigenvalue weighted by Gasteiger charge is 2.34. The molecule has 8 heteroatoms. The number of aliphatic imine (C=N–C) groups is 1. The number of benzene rings is 2. The van der Waals surface area contributed by atoms with Gasteiger partial charge in [0.1, 0.15) is 0 Å². The third kappa shape index (κ3) is 6.27. The summed E-state index contributed by atoms with van der Waals surface area (Å²) in [6.07, 6.45) is 1.38. The molecule has 1 fully saturated rings. The molecule has 3 aromatic rings. The van der Waals surface area contributed by atoms with Crippen LogP contribution in [0.3, 0.4) is 0 Å². The number of carbonyl (C=O) groups is 1. The van der Waals surface area contributed by atoms with E-state index < -0.39 is 11.7 Å². The molecule has 0 unspecified atom stereocenters. The molecule has 1 aromatic heterocycles. The summed E-state index contributed by atoms with van der Waals surface area (Å²) in [5, 5.41) is 0. The van der Waals surface area contributed by atoms with Crippen LogP contribution < -0.4 is 0 Å². The van der Waals surface area contributed by atoms with Crippen molar-refractivity contribution in [2.45, 2.75) is 32.5 Å². The molecule has 3 heterocycles. The summed E-state index contributed by atoms with van der Waals surface area (Å²) in [7, 11) is 2.01. The van der Waals surface area contributed by atoms with E-state index in [-0.39, 0.29) is 24.3 Å². The van der Waals surface area contributed by atoms with E-state index in [0.29, 0.717) is 22.3 Å². The van der Waals surface area contributed by atoms with Gasteiger partial charge in [-0.25, -0.2) is 0 Å². The summed E-state index contributed by atoms with van der Waals surface area (Å²) in [5.41, 5.74) is 4.45. The number of fused-ring (bicyclic) bond motifs is 1. The van der Waals surface area contributed by atoms with Crippen LogP contribution in [-0.4, -0.2) is 60.0 Å². The fourth-order valence-corrected chi connectivity index (χ4v) is 4.86. The van der Waals surface area contributed by atoms with Crippen molar-refractivity contribution in [3.05, 3.63) is 93.3 Å². The first kappa shape index (κ1) is 26.8. The largest absolute Gasteiger partial charge is 0.416 e. The van der Waals surface area contributed by atoms with Crippen molar-refractivity contribution >= 4 is 17.7 Å². The Bertz CT molecular complexity index is 1490. The molecule has 0 saturated carbocycles. The quantitative estimate of drug-likeness (QED) is 0.335. The minimum absolute atomic E-state index is 0.126. The average Bonchev–Trinajstić information content (AvgIpc) is 3.39. The van der Waals surface area contributed by atoms with Gasteiger partial charge in [-0.15, -0.1) is 0 Å². The molecule has 200 valence electrons. The first-order valence-corrected chi connectivity index (χ1v) is 12.9. The second-order valence-electron chi connectivity index (χ2n) is 10.2. The van der Waals surface area contributed by atoms with Gasteiger partial charge < -0.3 is 4.90 Å². The molecule has 0 spiro atoms. The molecule has 5 nitrogen and oxygen atoms in total. The van der Waals surface area contributed by atoms with Crippen molar-refractivity contribution in [3.8, 4) is 11.8 Å². The van der Waals surface area contributed by atoms with Crippen molar-refractivity contribution in [3.63, 3.8) is 0 Å². The van der Waals surface area contributed by atoms with Crippen LogP contribution in [0.25, 0.3) is 0 Å². The Kier molecular flexibility index (Phi) is 7.65. The number of hydrogen-bond acceptors (Lipinski definition) is 5. The van der Waals surface area contributed by atoms with E-state index in [1.54, 1.807) is 30.6 Å². The summed E-state index contributed by atoms with van der Waals surface area (Å²) >= 11 is 0. The molecular weight excluding hydrogens is 501 g/mol. The Hall–Kier alpha value is -3.80. The highest BCUT2D eigenvalue weighted by molar-refractivity contribution is 5.98. The molecule has 0 amide bonds. The van der Waals surface area contributed by atoms with E-state index in [1.807, 2.05) is 31.2 Å². The predicted octanol–water partition coefficient (Wildman–Crippen LogP) is 5.24. The number of pyridine rings is 1. The number of carbonyl (C=O) groups excluding carboxylic acids is 1. The van der Waals surface area contributed by atoms with Crippen LogP contribution in [-0.2, 0) is 25.6 Å². The fraction of sp³-hybridized carbons (Fsp3) is 0.323. The highest BCUT2D eigenvalue weighted by Crippen LogP contribution is 2.34. The van der Waals surface area contributed by atoms with Crippen molar-refractivity contribution < 1.29 is 18.0 Å². The number of piperazine rings is 1. The number of likely N-dealkylation sites (N-methyl/N-ethyl adjacent to an activating group) is 1. The van der Waals surface area contributed by atoms with Crippen molar-refractivity contribution in [1.29, 1.82) is 0 Å². The lowest BCUT2D eigenvalue weighted by atomic mass is 9.96. The Morgan fingerprint density at radius 1 is 1.00 bits per heavy atom. The molecular formula is C31H29F3N4O. The van der Waals surface area contributed by atoms with E-state index in [1.165, 1.54) is 6.07 Å². The summed E-state index contributed by atoms with van der Waals surface area (Å²) in [5.74, 6) is 5.98. The Balaban J connectivity index is 1.35. The molecule has 2 aliphatic rings. The molecule has 0 radical (unpaired) electrons. The van der Waals surface area contributed by atoms with Gasteiger partial charge in [0.25, 0.3) is 0 Å². The molecule has 1 saturated heterocycles. The zero-order valence-corrected chi connectivity index (χ0v) is 22.0. The van der Waals surface area contributed by atoms with Crippen molar-refractivity contribution in [2.24, 2.45) is 4.99 Å². The zero-order chi connectivity index (χ0) is 27.6. The van der Waals surface area contributed by atoms with Gasteiger partial charge >= 0.3 is 6.18 Å². The van der Waals surface area contributed by atoms with E-state index in [0.717, 1.165) is 55.5 Å². The number of hydrogen-bond donors (Lipinski definition) is 0. The Morgan fingerprint density at radius 2 is 1.77 bits per heavy atom. The minimum atomic E-state index is -4.50. The van der Waals surface area contributed by atoms with Crippen molar-refractivity contribution in [1.82, 2.24) is 14.8 Å². The number of rotatable bonds is 5. The van der Waals surface area contributed by atoms with Crippen LogP contribution in [0.15, 0.2) is 53.8 Å². The van der Waals surface area contributed by atoms with Crippen LogP contribution in [0, 0.1) is 18.8 Å². The maximum atomic E-state index is 14.0. The third-order valence-electron chi connectivity index (χ3n) is 7.25. The van der Waals surface area contributed by atoms with Crippen LogP contribution in [0.5, 0.6) is 0 Å². The van der Waals surface area contributed by atoms with Gasteiger partial charge in [-0.05, 0) is 42.8 Å². The van der Waals surface area contributed by atoms with E-state index in [4.69, 9.17) is 0 Å². The van der Waals surface area contributed by atoms with Crippen molar-refractivity contribution in [2.75, 3.05) is 33.2 Å². The monoisotopic (exact) mass is 530 g/mol. The molecule has 2 aliphatic heterocycles. The molecule has 39 heavy (non-hydrogen) atoms. The summed E-state index contributed by atoms with van der Waals surface area (Å²) in [4.78, 5) is 25.9. The number of Topliss-reactive ketones (excluding diaryl/α,β-unsaturated/α-hetero) is 1. The van der Waals surface area contributed by atoms with Crippen LogP contribution in [0.1, 0.15) is 49.3 Å². The molecule has 0 aliphatic carbocycles. The lowest BCUT2D eigenvalue weighted by Gasteiger charge is -2.33.